The topological polar surface area (TPSA) is 112 Å². The summed E-state index contributed by atoms with van der Waals surface area (Å²) in [6.45, 7) is -0.226. The third-order valence-electron chi connectivity index (χ3n) is 4.17. The van der Waals surface area contributed by atoms with Gasteiger partial charge in [0.15, 0.2) is 0 Å². The van der Waals surface area contributed by atoms with Crippen LogP contribution in [-0.4, -0.2) is 32.5 Å². The lowest BCUT2D eigenvalue weighted by Gasteiger charge is -2.09. The fraction of sp³-hybridized carbons (Fsp3) is 0.211. The second-order valence-electron chi connectivity index (χ2n) is 6.10. The first-order valence-electron chi connectivity index (χ1n) is 8.43. The molecule has 3 rings (SSSR count). The van der Waals surface area contributed by atoms with Gasteiger partial charge in [0.2, 0.25) is 0 Å². The Bertz CT molecular complexity index is 1160. The maximum atomic E-state index is 12.3. The third-order valence-corrected chi connectivity index (χ3v) is 4.17. The molecule has 0 saturated heterocycles. The molecule has 0 aliphatic heterocycles. The molecular formula is C19H18N4O5. The highest BCUT2D eigenvalue weighted by Gasteiger charge is 2.15. The van der Waals surface area contributed by atoms with Gasteiger partial charge in [-0.2, -0.15) is 0 Å². The van der Waals surface area contributed by atoms with Crippen molar-refractivity contribution in [2.24, 2.45) is 14.1 Å². The van der Waals surface area contributed by atoms with E-state index in [4.69, 9.17) is 4.74 Å². The molecule has 0 aliphatic carbocycles. The molecule has 0 fully saturated rings. The van der Waals surface area contributed by atoms with E-state index in [2.05, 4.69) is 10.3 Å². The van der Waals surface area contributed by atoms with Crippen molar-refractivity contribution >= 4 is 22.9 Å². The molecule has 1 aromatic carbocycles. The van der Waals surface area contributed by atoms with Gasteiger partial charge in [0, 0.05) is 14.1 Å². The summed E-state index contributed by atoms with van der Waals surface area (Å²) in [6, 6.07) is 11.9. The highest BCUT2D eigenvalue weighted by Crippen LogP contribution is 2.06. The average molecular weight is 382 g/mol. The van der Waals surface area contributed by atoms with Gasteiger partial charge in [-0.05, 0) is 17.7 Å². The minimum Gasteiger partial charge on any atom is -0.460 e. The number of carbonyl (C=O) groups is 2. The molecule has 0 radical (unpaired) electrons. The standard InChI is InChI=1S/C19H18N4O5/c1-22-16-13(18(26)23(2)19(22)27)8-9-14(21-16)17(25)20-10-15(24)28-11-12-6-4-3-5-7-12/h3-9H,10-11H2,1-2H3,(H,20,25). The van der Waals surface area contributed by atoms with Gasteiger partial charge in [-0.3, -0.25) is 23.5 Å². The SMILES string of the molecule is Cn1c(=O)c2ccc(C(=O)NCC(=O)OCc3ccccc3)nc2n(C)c1=O. The van der Waals surface area contributed by atoms with Crippen LogP contribution in [0.3, 0.4) is 0 Å². The molecule has 0 saturated carbocycles. The molecular weight excluding hydrogens is 364 g/mol. The van der Waals surface area contributed by atoms with Gasteiger partial charge in [-0.1, -0.05) is 30.3 Å². The Kier molecular flexibility index (Phi) is 5.35. The van der Waals surface area contributed by atoms with E-state index in [1.54, 1.807) is 0 Å². The van der Waals surface area contributed by atoms with Crippen LogP contribution in [0.4, 0.5) is 0 Å². The zero-order valence-corrected chi connectivity index (χ0v) is 15.3. The summed E-state index contributed by atoms with van der Waals surface area (Å²) in [5.41, 5.74) is -0.144. The summed E-state index contributed by atoms with van der Waals surface area (Å²) in [7, 11) is 2.82. The zero-order valence-electron chi connectivity index (χ0n) is 15.3. The maximum Gasteiger partial charge on any atom is 0.332 e. The summed E-state index contributed by atoms with van der Waals surface area (Å²) in [6.07, 6.45) is 0. The highest BCUT2D eigenvalue weighted by molar-refractivity contribution is 5.95. The van der Waals surface area contributed by atoms with Crippen LogP contribution < -0.4 is 16.6 Å². The molecule has 2 heterocycles. The first-order valence-corrected chi connectivity index (χ1v) is 8.43. The van der Waals surface area contributed by atoms with E-state index in [9.17, 15) is 19.2 Å². The number of aromatic nitrogens is 3. The van der Waals surface area contributed by atoms with E-state index in [0.29, 0.717) is 0 Å². The number of ether oxygens (including phenoxy) is 1. The first-order chi connectivity index (χ1) is 13.4. The van der Waals surface area contributed by atoms with Gasteiger partial charge in [0.1, 0.15) is 24.5 Å². The molecule has 1 amide bonds. The Morgan fingerprint density at radius 1 is 1.04 bits per heavy atom. The lowest BCUT2D eigenvalue weighted by atomic mass is 10.2. The molecule has 2 aromatic heterocycles. The van der Waals surface area contributed by atoms with Crippen molar-refractivity contribution in [3.8, 4) is 0 Å². The normalized spacial score (nSPS) is 10.6. The van der Waals surface area contributed by atoms with Crippen molar-refractivity contribution in [2.75, 3.05) is 6.54 Å². The fourth-order valence-corrected chi connectivity index (χ4v) is 2.61. The Morgan fingerprint density at radius 2 is 1.75 bits per heavy atom. The Hall–Kier alpha value is -3.75. The third kappa shape index (κ3) is 3.83. The van der Waals surface area contributed by atoms with Gasteiger partial charge in [0.25, 0.3) is 11.5 Å². The second-order valence-corrected chi connectivity index (χ2v) is 6.10. The number of nitrogens with zero attached hydrogens (tertiary/aromatic N) is 3. The van der Waals surface area contributed by atoms with E-state index >= 15 is 0 Å². The first kappa shape index (κ1) is 19.0. The van der Waals surface area contributed by atoms with E-state index in [1.807, 2.05) is 30.3 Å². The smallest absolute Gasteiger partial charge is 0.332 e. The van der Waals surface area contributed by atoms with Crippen LogP contribution in [0.5, 0.6) is 0 Å². The number of rotatable bonds is 5. The summed E-state index contributed by atoms with van der Waals surface area (Å²) in [5.74, 6) is -1.22. The maximum absolute atomic E-state index is 12.3. The Morgan fingerprint density at radius 3 is 2.46 bits per heavy atom. The average Bonchev–Trinajstić information content (AvgIpc) is 2.73. The van der Waals surface area contributed by atoms with E-state index in [1.165, 1.54) is 30.8 Å². The van der Waals surface area contributed by atoms with Crippen LogP contribution in [0.1, 0.15) is 16.1 Å². The minimum absolute atomic E-state index is 0.0217. The molecule has 0 aliphatic rings. The van der Waals surface area contributed by atoms with Crippen LogP contribution in [0.15, 0.2) is 52.1 Å². The molecule has 9 heteroatoms. The van der Waals surface area contributed by atoms with Gasteiger partial charge < -0.3 is 10.1 Å². The van der Waals surface area contributed by atoms with Crippen LogP contribution in [0, 0.1) is 0 Å². The van der Waals surface area contributed by atoms with E-state index < -0.39 is 23.1 Å². The number of pyridine rings is 1. The molecule has 0 unspecified atom stereocenters. The van der Waals surface area contributed by atoms with Gasteiger partial charge in [-0.25, -0.2) is 9.78 Å². The Labute approximate surface area is 159 Å². The summed E-state index contributed by atoms with van der Waals surface area (Å²) >= 11 is 0. The van der Waals surface area contributed by atoms with Crippen molar-refractivity contribution in [3.63, 3.8) is 0 Å². The molecule has 0 bridgehead atoms. The molecule has 3 aromatic rings. The monoisotopic (exact) mass is 382 g/mol. The van der Waals surface area contributed by atoms with Crippen molar-refractivity contribution < 1.29 is 14.3 Å². The van der Waals surface area contributed by atoms with Crippen LogP contribution >= 0.6 is 0 Å². The largest absolute Gasteiger partial charge is 0.460 e. The summed E-state index contributed by atoms with van der Waals surface area (Å²) in [4.78, 5) is 52.3. The fourth-order valence-electron chi connectivity index (χ4n) is 2.61. The quantitative estimate of drug-likeness (QED) is 0.627. The molecule has 144 valence electrons. The van der Waals surface area contributed by atoms with E-state index in [0.717, 1.165) is 10.1 Å². The number of carbonyl (C=O) groups excluding carboxylic acids is 2. The summed E-state index contributed by atoms with van der Waals surface area (Å²) in [5, 5.41) is 2.62. The minimum atomic E-state index is -0.619. The number of hydrogen-bond acceptors (Lipinski definition) is 6. The summed E-state index contributed by atoms with van der Waals surface area (Å²) < 4.78 is 7.23. The van der Waals surface area contributed by atoms with Crippen LogP contribution in [-0.2, 0) is 30.2 Å². The molecule has 0 spiro atoms. The number of amides is 1. The van der Waals surface area contributed by atoms with Crippen LogP contribution in [0.2, 0.25) is 0 Å². The van der Waals surface area contributed by atoms with E-state index in [-0.39, 0.29) is 29.9 Å². The molecule has 1 N–H and O–H groups in total. The van der Waals surface area contributed by atoms with Crippen molar-refractivity contribution in [3.05, 3.63) is 74.6 Å². The molecule has 9 nitrogen and oxygen atoms in total. The molecule has 0 atom stereocenters. The van der Waals surface area contributed by atoms with Crippen LogP contribution in [0.25, 0.3) is 11.0 Å². The van der Waals surface area contributed by atoms with Gasteiger partial charge >= 0.3 is 11.7 Å². The highest BCUT2D eigenvalue weighted by atomic mass is 16.5. The van der Waals surface area contributed by atoms with Gasteiger partial charge in [-0.15, -0.1) is 0 Å². The number of hydrogen-bond donors (Lipinski definition) is 1. The van der Waals surface area contributed by atoms with Crippen molar-refractivity contribution in [1.82, 2.24) is 19.4 Å². The lowest BCUT2D eigenvalue weighted by Crippen LogP contribution is -2.37. The lowest BCUT2D eigenvalue weighted by molar-refractivity contribution is -0.143. The number of nitrogens with one attached hydrogen (secondary N) is 1. The second kappa shape index (κ2) is 7.87. The van der Waals surface area contributed by atoms with Crippen molar-refractivity contribution in [2.45, 2.75) is 6.61 Å². The van der Waals surface area contributed by atoms with Gasteiger partial charge in [0.05, 0.1) is 5.39 Å². The zero-order chi connectivity index (χ0) is 20.3. The number of fused-ring (bicyclic) bond motifs is 1. The predicted molar refractivity (Wildman–Crippen MR) is 101 cm³/mol. The van der Waals surface area contributed by atoms with Crippen molar-refractivity contribution in [1.29, 1.82) is 0 Å². The molecule has 28 heavy (non-hydrogen) atoms. The number of aryl methyl sites for hydroxylation is 1. The number of esters is 1. The Balaban J connectivity index is 1.69. The predicted octanol–water partition coefficient (Wildman–Crippen LogP) is 0.105. The number of benzene rings is 1.